The zero-order chi connectivity index (χ0) is 33.0. The summed E-state index contributed by atoms with van der Waals surface area (Å²) in [5, 5.41) is 4.73. The first-order valence-corrected chi connectivity index (χ1v) is 16.7. The number of fused-ring (bicyclic) bond motifs is 7. The van der Waals surface area contributed by atoms with E-state index in [1.165, 1.54) is 16.2 Å². The highest BCUT2D eigenvalue weighted by Gasteiger charge is 2.22. The summed E-state index contributed by atoms with van der Waals surface area (Å²) >= 11 is 0. The van der Waals surface area contributed by atoms with Crippen LogP contribution in [-0.4, -0.2) is 29.1 Å². The highest BCUT2D eigenvalue weighted by Crippen LogP contribution is 2.41. The van der Waals surface area contributed by atoms with E-state index in [2.05, 4.69) is 106 Å². The van der Waals surface area contributed by atoms with Crippen molar-refractivity contribution in [3.8, 4) is 45.8 Å². The monoisotopic (exact) mass is 640 g/mol. The Morgan fingerprint density at radius 3 is 1.40 bits per heavy atom. The van der Waals surface area contributed by atoms with Crippen molar-refractivity contribution in [1.29, 1.82) is 0 Å². The van der Waals surface area contributed by atoms with Crippen molar-refractivity contribution in [2.75, 3.05) is 0 Å². The second-order valence-corrected chi connectivity index (χ2v) is 12.3. The Morgan fingerprint density at radius 2 is 0.800 bits per heavy atom. The number of aromatic nitrogens is 6. The lowest BCUT2D eigenvalue weighted by Gasteiger charge is -2.13. The molecule has 10 rings (SSSR count). The summed E-state index contributed by atoms with van der Waals surface area (Å²) in [5.74, 6) is 2.51. The molecule has 6 nitrogen and oxygen atoms in total. The van der Waals surface area contributed by atoms with E-state index in [4.69, 9.17) is 19.9 Å². The highest BCUT2D eigenvalue weighted by molar-refractivity contribution is 6.23. The summed E-state index contributed by atoms with van der Waals surface area (Å²) in [4.78, 5) is 20.2. The summed E-state index contributed by atoms with van der Waals surface area (Å²) in [5.41, 5.74) is 8.08. The van der Waals surface area contributed by atoms with Gasteiger partial charge in [-0.25, -0.2) is 19.9 Å². The molecule has 50 heavy (non-hydrogen) atoms. The largest absolute Gasteiger partial charge is 0.307 e. The van der Waals surface area contributed by atoms with Crippen LogP contribution < -0.4 is 0 Å². The predicted octanol–water partition coefficient (Wildman–Crippen LogP) is 10.5. The van der Waals surface area contributed by atoms with Crippen molar-refractivity contribution < 1.29 is 0 Å². The first-order valence-electron chi connectivity index (χ1n) is 16.7. The molecule has 6 heteroatoms. The van der Waals surface area contributed by atoms with Gasteiger partial charge in [0.05, 0.1) is 22.1 Å². The molecule has 10 aromatic rings. The van der Waals surface area contributed by atoms with Gasteiger partial charge in [0.25, 0.3) is 0 Å². The van der Waals surface area contributed by atoms with E-state index in [9.17, 15) is 0 Å². The Morgan fingerprint density at radius 1 is 0.320 bits per heavy atom. The smallest absolute Gasteiger partial charge is 0.182 e. The van der Waals surface area contributed by atoms with E-state index in [0.717, 1.165) is 50.1 Å². The lowest BCUT2D eigenvalue weighted by molar-refractivity contribution is 1.03. The fraction of sp³-hybridized carbons (Fsp3) is 0. The van der Waals surface area contributed by atoms with Gasteiger partial charge < -0.3 is 4.57 Å². The molecule has 4 aromatic heterocycles. The minimum Gasteiger partial charge on any atom is -0.307 e. The molecule has 0 fully saturated rings. The topological polar surface area (TPSA) is 61.4 Å². The minimum absolute atomic E-state index is 0.517. The maximum Gasteiger partial charge on any atom is 0.182 e. The SMILES string of the molecule is c1ccc(-c2nc(-c3ccccc3)nc(-c3cccc(-n4c5ccccc5c5ccc6c7ccccc7n(-c7ccccc7)c6c54)n3)n2)cc1. The van der Waals surface area contributed by atoms with Crippen LogP contribution in [0.25, 0.3) is 89.4 Å². The summed E-state index contributed by atoms with van der Waals surface area (Å²) in [6.45, 7) is 0. The van der Waals surface area contributed by atoms with E-state index in [1.807, 2.05) is 72.8 Å². The van der Waals surface area contributed by atoms with Crippen LogP contribution >= 0.6 is 0 Å². The van der Waals surface area contributed by atoms with E-state index in [1.54, 1.807) is 0 Å². The molecule has 0 spiro atoms. The summed E-state index contributed by atoms with van der Waals surface area (Å²) in [6.07, 6.45) is 0. The maximum absolute atomic E-state index is 5.32. The molecular weight excluding hydrogens is 613 g/mol. The standard InChI is InChI=1S/C44H28N6/c1-4-15-29(16-5-1)42-46-43(30-17-6-2-7-18-30)48-44(47-42)36-23-14-26-39(45-36)50-38-25-13-11-22-33(38)35-28-27-34-32-21-10-12-24-37(32)49(40(34)41(35)50)31-19-8-3-9-20-31/h1-28H. The zero-order valence-electron chi connectivity index (χ0n) is 26.8. The van der Waals surface area contributed by atoms with Crippen LogP contribution in [0.15, 0.2) is 170 Å². The van der Waals surface area contributed by atoms with Gasteiger partial charge in [-0.1, -0.05) is 133 Å². The zero-order valence-corrected chi connectivity index (χ0v) is 26.8. The normalized spacial score (nSPS) is 11.6. The first-order chi connectivity index (χ1) is 24.8. The lowest BCUT2D eigenvalue weighted by Crippen LogP contribution is -2.04. The predicted molar refractivity (Wildman–Crippen MR) is 203 cm³/mol. The molecule has 0 aliphatic heterocycles. The average molecular weight is 641 g/mol. The molecule has 6 aromatic carbocycles. The molecule has 0 atom stereocenters. The van der Waals surface area contributed by atoms with E-state index < -0.39 is 0 Å². The molecule has 0 saturated carbocycles. The Hall–Kier alpha value is -6.92. The Labute approximate surface area is 287 Å². The molecule has 234 valence electrons. The van der Waals surface area contributed by atoms with Gasteiger partial charge in [0, 0.05) is 38.4 Å². The van der Waals surface area contributed by atoms with Crippen LogP contribution in [0, 0.1) is 0 Å². The van der Waals surface area contributed by atoms with Gasteiger partial charge in [-0.2, -0.15) is 0 Å². The fourth-order valence-electron chi connectivity index (χ4n) is 7.18. The van der Waals surface area contributed by atoms with Crippen molar-refractivity contribution in [3.05, 3.63) is 170 Å². The van der Waals surface area contributed by atoms with E-state index in [-0.39, 0.29) is 0 Å². The third kappa shape index (κ3) is 4.43. The summed E-state index contributed by atoms with van der Waals surface area (Å²) in [7, 11) is 0. The minimum atomic E-state index is 0.517. The molecule has 0 aliphatic carbocycles. The Bertz CT molecular complexity index is 2800. The van der Waals surface area contributed by atoms with Crippen LogP contribution in [0.2, 0.25) is 0 Å². The third-order valence-electron chi connectivity index (χ3n) is 9.38. The fourth-order valence-corrected chi connectivity index (χ4v) is 7.18. The Balaban J connectivity index is 1.27. The number of pyridine rings is 1. The van der Waals surface area contributed by atoms with Gasteiger partial charge in [-0.3, -0.25) is 4.57 Å². The average Bonchev–Trinajstić information content (AvgIpc) is 3.72. The second-order valence-electron chi connectivity index (χ2n) is 12.3. The number of nitrogens with zero attached hydrogens (tertiary/aromatic N) is 6. The van der Waals surface area contributed by atoms with Crippen molar-refractivity contribution >= 4 is 43.6 Å². The van der Waals surface area contributed by atoms with Gasteiger partial charge >= 0.3 is 0 Å². The van der Waals surface area contributed by atoms with Crippen molar-refractivity contribution in [1.82, 2.24) is 29.1 Å². The van der Waals surface area contributed by atoms with Crippen LogP contribution in [0.4, 0.5) is 0 Å². The van der Waals surface area contributed by atoms with Crippen molar-refractivity contribution in [3.63, 3.8) is 0 Å². The first kappa shape index (κ1) is 28.1. The van der Waals surface area contributed by atoms with E-state index >= 15 is 0 Å². The number of benzene rings is 6. The molecule has 0 saturated heterocycles. The Kier molecular flexibility index (Phi) is 6.39. The molecule has 0 radical (unpaired) electrons. The molecule has 0 bridgehead atoms. The van der Waals surface area contributed by atoms with Crippen LogP contribution in [0.5, 0.6) is 0 Å². The lowest BCUT2D eigenvalue weighted by atomic mass is 10.1. The van der Waals surface area contributed by atoms with Crippen molar-refractivity contribution in [2.45, 2.75) is 0 Å². The molecule has 0 N–H and O–H groups in total. The number of rotatable bonds is 5. The second kappa shape index (κ2) is 11.4. The van der Waals surface area contributed by atoms with Crippen molar-refractivity contribution in [2.24, 2.45) is 0 Å². The molecule has 0 unspecified atom stereocenters. The molecular formula is C44H28N6. The summed E-state index contributed by atoms with van der Waals surface area (Å²) in [6, 6.07) is 58.5. The number of hydrogen-bond donors (Lipinski definition) is 0. The third-order valence-corrected chi connectivity index (χ3v) is 9.38. The quantitative estimate of drug-likeness (QED) is 0.188. The van der Waals surface area contributed by atoms with Gasteiger partial charge in [-0.15, -0.1) is 0 Å². The van der Waals surface area contributed by atoms with Crippen LogP contribution in [-0.2, 0) is 0 Å². The van der Waals surface area contributed by atoms with E-state index in [0.29, 0.717) is 23.2 Å². The number of para-hydroxylation sites is 3. The molecule has 0 aliphatic rings. The van der Waals surface area contributed by atoms with Gasteiger partial charge in [0.2, 0.25) is 0 Å². The van der Waals surface area contributed by atoms with Gasteiger partial charge in [-0.05, 0) is 36.4 Å². The summed E-state index contributed by atoms with van der Waals surface area (Å²) < 4.78 is 4.68. The van der Waals surface area contributed by atoms with Gasteiger partial charge in [0.15, 0.2) is 17.5 Å². The highest BCUT2D eigenvalue weighted by atomic mass is 15.1. The maximum atomic E-state index is 5.32. The molecule has 0 amide bonds. The number of hydrogen-bond acceptors (Lipinski definition) is 4. The van der Waals surface area contributed by atoms with Crippen LogP contribution in [0.1, 0.15) is 0 Å². The molecule has 4 heterocycles. The van der Waals surface area contributed by atoms with Crippen LogP contribution in [0.3, 0.4) is 0 Å². The van der Waals surface area contributed by atoms with Gasteiger partial charge in [0.1, 0.15) is 11.5 Å².